The molecule has 1 aromatic heterocycles. The fraction of sp³-hybridized carbons (Fsp3) is 0.733. The fourth-order valence-electron chi connectivity index (χ4n) is 3.53. The van der Waals surface area contributed by atoms with Crippen LogP contribution in [0.25, 0.3) is 0 Å². The van der Waals surface area contributed by atoms with E-state index < -0.39 is 10.0 Å². The minimum absolute atomic E-state index is 0.132. The Bertz CT molecular complexity index is 611. The van der Waals surface area contributed by atoms with Gasteiger partial charge < -0.3 is 9.15 Å². The van der Waals surface area contributed by atoms with Gasteiger partial charge in [-0.05, 0) is 18.9 Å². The zero-order valence-electron chi connectivity index (χ0n) is 12.6. The normalized spacial score (nSPS) is 31.1. The van der Waals surface area contributed by atoms with E-state index in [1.165, 1.54) is 0 Å². The molecule has 0 aromatic carbocycles. The Labute approximate surface area is 131 Å². The number of nitrogens with zero attached hydrogens (tertiary/aromatic N) is 2. The van der Waals surface area contributed by atoms with Gasteiger partial charge in [-0.3, -0.25) is 4.90 Å². The number of hydrogen-bond donors (Lipinski definition) is 0. The molecule has 1 aliphatic carbocycles. The molecule has 22 heavy (non-hydrogen) atoms. The van der Waals surface area contributed by atoms with Crippen LogP contribution in [-0.4, -0.2) is 61.8 Å². The van der Waals surface area contributed by atoms with E-state index in [4.69, 9.17) is 9.15 Å². The third-order valence-electron chi connectivity index (χ3n) is 4.86. The van der Waals surface area contributed by atoms with Crippen LogP contribution >= 0.6 is 0 Å². The molecule has 2 aliphatic heterocycles. The molecule has 0 unspecified atom stereocenters. The molecule has 3 fully saturated rings. The van der Waals surface area contributed by atoms with E-state index in [2.05, 4.69) is 4.90 Å². The number of rotatable bonds is 4. The highest BCUT2D eigenvalue weighted by atomic mass is 32.2. The maximum absolute atomic E-state index is 12.5. The van der Waals surface area contributed by atoms with Gasteiger partial charge in [0, 0.05) is 44.2 Å². The summed E-state index contributed by atoms with van der Waals surface area (Å²) in [5, 5.41) is -0.132. The van der Waals surface area contributed by atoms with Crippen LogP contribution in [0.1, 0.15) is 18.4 Å². The summed E-state index contributed by atoms with van der Waals surface area (Å²) in [5.74, 6) is 0.267. The van der Waals surface area contributed by atoms with Crippen molar-refractivity contribution in [3.63, 3.8) is 0 Å². The first-order valence-electron chi connectivity index (χ1n) is 7.97. The van der Waals surface area contributed by atoms with Crippen LogP contribution in [0.5, 0.6) is 0 Å². The highest BCUT2D eigenvalue weighted by molar-refractivity contribution is 7.90. The molecule has 122 valence electrons. The van der Waals surface area contributed by atoms with Crippen molar-refractivity contribution < 1.29 is 17.6 Å². The number of likely N-dealkylation sites (tertiary alicyclic amines) is 1. The van der Waals surface area contributed by atoms with E-state index in [0.29, 0.717) is 19.7 Å². The topological polar surface area (TPSA) is 63.0 Å². The first kappa shape index (κ1) is 14.7. The molecule has 3 aliphatic rings. The van der Waals surface area contributed by atoms with Crippen molar-refractivity contribution >= 4 is 10.0 Å². The lowest BCUT2D eigenvalue weighted by Gasteiger charge is -2.23. The Balaban J connectivity index is 1.43. The average Bonchev–Trinajstić information content (AvgIpc) is 3.18. The van der Waals surface area contributed by atoms with Gasteiger partial charge >= 0.3 is 0 Å². The smallest absolute Gasteiger partial charge is 0.217 e. The Kier molecular flexibility index (Phi) is 3.76. The van der Waals surface area contributed by atoms with Crippen molar-refractivity contribution in [1.29, 1.82) is 0 Å². The second-order valence-corrected chi connectivity index (χ2v) is 8.81. The van der Waals surface area contributed by atoms with Gasteiger partial charge in [0.05, 0.1) is 30.5 Å². The Morgan fingerprint density at radius 1 is 1.23 bits per heavy atom. The molecule has 1 aromatic rings. The lowest BCUT2D eigenvalue weighted by Crippen LogP contribution is -2.39. The first-order valence-corrected chi connectivity index (χ1v) is 9.47. The van der Waals surface area contributed by atoms with Crippen LogP contribution in [-0.2, 0) is 21.3 Å². The predicted octanol–water partition coefficient (Wildman–Crippen LogP) is 0.904. The molecule has 1 saturated carbocycles. The van der Waals surface area contributed by atoms with Gasteiger partial charge in [-0.25, -0.2) is 8.42 Å². The molecule has 7 heteroatoms. The molecule has 0 radical (unpaired) electrons. The van der Waals surface area contributed by atoms with Crippen LogP contribution in [0.2, 0.25) is 0 Å². The molecule has 4 rings (SSSR count). The number of hydrogen-bond acceptors (Lipinski definition) is 5. The number of ether oxygens (including phenoxy) is 1. The minimum atomic E-state index is -3.10. The standard InChI is InChI=1S/C15H22N2O4S/c18-22(19,14-1-2-14)17-4-6-21-15-10-16(8-13(15)9-17)7-12-3-5-20-11-12/h3,5,11,13-15H,1-2,4,6-10H2/t13-,15-/m0/s1. The molecule has 0 amide bonds. The molecule has 0 spiro atoms. The van der Waals surface area contributed by atoms with Crippen molar-refractivity contribution in [3.05, 3.63) is 24.2 Å². The Hall–Kier alpha value is -0.890. The Morgan fingerprint density at radius 2 is 2.09 bits per heavy atom. The van der Waals surface area contributed by atoms with Crippen LogP contribution in [0.3, 0.4) is 0 Å². The third kappa shape index (κ3) is 2.82. The van der Waals surface area contributed by atoms with E-state index >= 15 is 0 Å². The second kappa shape index (κ2) is 5.63. The average molecular weight is 326 g/mol. The lowest BCUT2D eigenvalue weighted by molar-refractivity contribution is 0.0518. The van der Waals surface area contributed by atoms with Gasteiger partial charge in [-0.1, -0.05) is 0 Å². The Morgan fingerprint density at radius 3 is 2.82 bits per heavy atom. The monoisotopic (exact) mass is 326 g/mol. The molecular formula is C15H22N2O4S. The molecule has 0 bridgehead atoms. The van der Waals surface area contributed by atoms with Crippen molar-refractivity contribution in [3.8, 4) is 0 Å². The molecule has 0 N–H and O–H groups in total. The van der Waals surface area contributed by atoms with Crippen LogP contribution < -0.4 is 0 Å². The second-order valence-electron chi connectivity index (χ2n) is 6.60. The number of furan rings is 1. The summed E-state index contributed by atoms with van der Waals surface area (Å²) in [5.41, 5.74) is 1.15. The zero-order chi connectivity index (χ0) is 15.2. The van der Waals surface area contributed by atoms with Crippen molar-refractivity contribution in [2.45, 2.75) is 30.7 Å². The quantitative estimate of drug-likeness (QED) is 0.823. The van der Waals surface area contributed by atoms with E-state index in [1.54, 1.807) is 16.8 Å². The van der Waals surface area contributed by atoms with Gasteiger partial charge in [0.2, 0.25) is 10.0 Å². The van der Waals surface area contributed by atoms with Crippen molar-refractivity contribution in [1.82, 2.24) is 9.21 Å². The van der Waals surface area contributed by atoms with Gasteiger partial charge in [0.1, 0.15) is 0 Å². The maximum Gasteiger partial charge on any atom is 0.217 e. The molecule has 6 nitrogen and oxygen atoms in total. The molecule has 3 heterocycles. The highest BCUT2D eigenvalue weighted by Crippen LogP contribution is 2.33. The van der Waals surface area contributed by atoms with E-state index in [1.807, 2.05) is 6.07 Å². The van der Waals surface area contributed by atoms with E-state index in [9.17, 15) is 8.42 Å². The number of sulfonamides is 1. The summed E-state index contributed by atoms with van der Waals surface area (Å²) < 4.78 is 37.7. The minimum Gasteiger partial charge on any atom is -0.472 e. The van der Waals surface area contributed by atoms with Crippen molar-refractivity contribution in [2.75, 3.05) is 32.8 Å². The fourth-order valence-corrected chi connectivity index (χ4v) is 5.41. The van der Waals surface area contributed by atoms with E-state index in [-0.39, 0.29) is 17.3 Å². The molecular weight excluding hydrogens is 304 g/mol. The summed E-state index contributed by atoms with van der Waals surface area (Å²) in [7, 11) is -3.10. The summed E-state index contributed by atoms with van der Waals surface area (Å²) >= 11 is 0. The first-order chi connectivity index (χ1) is 10.6. The van der Waals surface area contributed by atoms with Gasteiger partial charge in [-0.2, -0.15) is 4.31 Å². The maximum atomic E-state index is 12.5. The zero-order valence-corrected chi connectivity index (χ0v) is 13.4. The van der Waals surface area contributed by atoms with Gasteiger partial charge in [0.25, 0.3) is 0 Å². The summed E-state index contributed by atoms with van der Waals surface area (Å²) in [6, 6.07) is 1.97. The van der Waals surface area contributed by atoms with Crippen molar-refractivity contribution in [2.24, 2.45) is 5.92 Å². The van der Waals surface area contributed by atoms with E-state index in [0.717, 1.165) is 38.0 Å². The van der Waals surface area contributed by atoms with Crippen LogP contribution in [0, 0.1) is 5.92 Å². The predicted molar refractivity (Wildman–Crippen MR) is 80.7 cm³/mol. The van der Waals surface area contributed by atoms with Crippen LogP contribution in [0.4, 0.5) is 0 Å². The van der Waals surface area contributed by atoms with Crippen LogP contribution in [0.15, 0.2) is 23.0 Å². The summed E-state index contributed by atoms with van der Waals surface area (Å²) in [6.07, 6.45) is 5.23. The molecule has 2 saturated heterocycles. The molecule has 2 atom stereocenters. The summed E-state index contributed by atoms with van der Waals surface area (Å²) in [6.45, 7) is 4.20. The van der Waals surface area contributed by atoms with Gasteiger partial charge in [0.15, 0.2) is 0 Å². The highest BCUT2D eigenvalue weighted by Gasteiger charge is 2.44. The third-order valence-corrected chi connectivity index (χ3v) is 7.22. The SMILES string of the molecule is O=S(=O)(C1CC1)N1CCO[C@H]2CN(Cc3ccoc3)C[C@H]2C1. The number of fused-ring (bicyclic) bond motifs is 1. The van der Waals surface area contributed by atoms with Gasteiger partial charge in [-0.15, -0.1) is 0 Å². The lowest BCUT2D eigenvalue weighted by atomic mass is 10.1. The summed E-state index contributed by atoms with van der Waals surface area (Å²) in [4.78, 5) is 2.33. The largest absolute Gasteiger partial charge is 0.472 e.